The van der Waals surface area contributed by atoms with Crippen molar-refractivity contribution in [2.45, 2.75) is 32.9 Å². The summed E-state index contributed by atoms with van der Waals surface area (Å²) >= 11 is 5.31. The van der Waals surface area contributed by atoms with Crippen LogP contribution in [0.3, 0.4) is 0 Å². The van der Waals surface area contributed by atoms with Gasteiger partial charge in [0.25, 0.3) is 0 Å². The van der Waals surface area contributed by atoms with E-state index in [4.69, 9.17) is 4.74 Å². The molecule has 0 bridgehead atoms. The molecule has 2 nitrogen and oxygen atoms in total. The van der Waals surface area contributed by atoms with Gasteiger partial charge in [0.2, 0.25) is 0 Å². The highest BCUT2D eigenvalue weighted by Crippen LogP contribution is 2.24. The third-order valence-corrected chi connectivity index (χ3v) is 3.44. The van der Waals surface area contributed by atoms with Gasteiger partial charge in [0, 0.05) is 27.9 Å². The molecule has 0 aliphatic carbocycles. The standard InChI is InChI=1S/C14H22BrNOS/c1-14(2,3)16-10-11-9-12(15)5-6-13(11)17-7-8-18-4/h5-6,9,16H,7-8,10H2,1-4H3. The van der Waals surface area contributed by atoms with E-state index in [-0.39, 0.29) is 5.54 Å². The summed E-state index contributed by atoms with van der Waals surface area (Å²) in [6.45, 7) is 8.07. The van der Waals surface area contributed by atoms with Gasteiger partial charge in [-0.15, -0.1) is 0 Å². The summed E-state index contributed by atoms with van der Waals surface area (Å²) in [7, 11) is 0. The Bertz CT molecular complexity index is 377. The van der Waals surface area contributed by atoms with Crippen LogP contribution in [0.5, 0.6) is 5.75 Å². The summed E-state index contributed by atoms with van der Waals surface area (Å²) in [6, 6.07) is 6.17. The average Bonchev–Trinajstić information content (AvgIpc) is 2.28. The van der Waals surface area contributed by atoms with Crippen LogP contribution in [0.15, 0.2) is 22.7 Å². The van der Waals surface area contributed by atoms with E-state index in [1.54, 1.807) is 11.8 Å². The molecule has 0 fully saturated rings. The van der Waals surface area contributed by atoms with Crippen molar-refractivity contribution in [1.82, 2.24) is 5.32 Å². The van der Waals surface area contributed by atoms with Gasteiger partial charge in [0.1, 0.15) is 5.75 Å². The Morgan fingerprint density at radius 2 is 2.06 bits per heavy atom. The van der Waals surface area contributed by atoms with Crippen LogP contribution in [0.25, 0.3) is 0 Å². The van der Waals surface area contributed by atoms with Crippen LogP contribution in [0.2, 0.25) is 0 Å². The lowest BCUT2D eigenvalue weighted by atomic mass is 10.1. The topological polar surface area (TPSA) is 21.3 Å². The smallest absolute Gasteiger partial charge is 0.123 e. The van der Waals surface area contributed by atoms with Crippen molar-refractivity contribution in [2.24, 2.45) is 0 Å². The number of hydrogen-bond donors (Lipinski definition) is 1. The number of hydrogen-bond acceptors (Lipinski definition) is 3. The molecule has 0 heterocycles. The van der Waals surface area contributed by atoms with Crippen LogP contribution in [-0.2, 0) is 6.54 Å². The predicted molar refractivity (Wildman–Crippen MR) is 84.6 cm³/mol. The number of nitrogens with one attached hydrogen (secondary N) is 1. The highest BCUT2D eigenvalue weighted by atomic mass is 79.9. The molecule has 0 unspecified atom stereocenters. The third-order valence-electron chi connectivity index (χ3n) is 2.38. The SMILES string of the molecule is CSCCOc1ccc(Br)cc1CNC(C)(C)C. The third kappa shape index (κ3) is 6.12. The first-order valence-electron chi connectivity index (χ1n) is 6.07. The van der Waals surface area contributed by atoms with Gasteiger partial charge in [-0.2, -0.15) is 11.8 Å². The Morgan fingerprint density at radius 1 is 1.33 bits per heavy atom. The number of rotatable bonds is 6. The maximum atomic E-state index is 5.82. The van der Waals surface area contributed by atoms with Crippen LogP contribution in [0.4, 0.5) is 0 Å². The second kappa shape index (κ2) is 7.41. The van der Waals surface area contributed by atoms with E-state index >= 15 is 0 Å². The lowest BCUT2D eigenvalue weighted by molar-refractivity contribution is 0.335. The van der Waals surface area contributed by atoms with Crippen LogP contribution < -0.4 is 10.1 Å². The molecule has 102 valence electrons. The number of halogens is 1. The Hall–Kier alpha value is -0.190. The molecule has 0 spiro atoms. The van der Waals surface area contributed by atoms with Crippen molar-refractivity contribution in [2.75, 3.05) is 18.6 Å². The van der Waals surface area contributed by atoms with E-state index in [0.29, 0.717) is 0 Å². The van der Waals surface area contributed by atoms with E-state index in [0.717, 1.165) is 29.1 Å². The largest absolute Gasteiger partial charge is 0.492 e. The second-order valence-electron chi connectivity index (χ2n) is 5.20. The van der Waals surface area contributed by atoms with Crippen LogP contribution in [0.1, 0.15) is 26.3 Å². The first-order valence-corrected chi connectivity index (χ1v) is 8.26. The minimum atomic E-state index is 0.110. The summed E-state index contributed by atoms with van der Waals surface area (Å²) in [5, 5.41) is 3.49. The van der Waals surface area contributed by atoms with Crippen LogP contribution in [0, 0.1) is 0 Å². The number of ether oxygens (including phenoxy) is 1. The number of benzene rings is 1. The summed E-state index contributed by atoms with van der Waals surface area (Å²) < 4.78 is 6.90. The predicted octanol–water partition coefficient (Wildman–Crippen LogP) is 4.08. The zero-order chi connectivity index (χ0) is 13.6. The lowest BCUT2D eigenvalue weighted by Crippen LogP contribution is -2.35. The fraction of sp³-hybridized carbons (Fsp3) is 0.571. The van der Waals surface area contributed by atoms with Crippen LogP contribution in [-0.4, -0.2) is 24.2 Å². The van der Waals surface area contributed by atoms with Crippen LogP contribution >= 0.6 is 27.7 Å². The van der Waals surface area contributed by atoms with Gasteiger partial charge >= 0.3 is 0 Å². The minimum Gasteiger partial charge on any atom is -0.492 e. The van der Waals surface area contributed by atoms with E-state index in [1.165, 1.54) is 5.56 Å². The molecule has 0 radical (unpaired) electrons. The van der Waals surface area contributed by atoms with E-state index in [1.807, 2.05) is 12.1 Å². The normalized spacial score (nSPS) is 11.6. The molecule has 1 aromatic rings. The van der Waals surface area contributed by atoms with Crippen molar-refractivity contribution >= 4 is 27.7 Å². The molecule has 0 amide bonds. The van der Waals surface area contributed by atoms with Crippen molar-refractivity contribution < 1.29 is 4.74 Å². The lowest BCUT2D eigenvalue weighted by Gasteiger charge is -2.21. The molecule has 0 saturated carbocycles. The van der Waals surface area contributed by atoms with Gasteiger partial charge < -0.3 is 10.1 Å². The number of thioether (sulfide) groups is 1. The Morgan fingerprint density at radius 3 is 2.67 bits per heavy atom. The summed E-state index contributed by atoms with van der Waals surface area (Å²) in [5.41, 5.74) is 1.30. The second-order valence-corrected chi connectivity index (χ2v) is 7.10. The fourth-order valence-corrected chi connectivity index (χ4v) is 2.08. The molecule has 0 saturated heterocycles. The Balaban J connectivity index is 2.70. The molecule has 1 N–H and O–H groups in total. The molecule has 0 aromatic heterocycles. The van der Waals surface area contributed by atoms with Crippen molar-refractivity contribution in [3.05, 3.63) is 28.2 Å². The molecule has 0 aliphatic heterocycles. The van der Waals surface area contributed by atoms with E-state index in [9.17, 15) is 0 Å². The molecule has 1 aromatic carbocycles. The van der Waals surface area contributed by atoms with E-state index < -0.39 is 0 Å². The minimum absolute atomic E-state index is 0.110. The zero-order valence-corrected chi connectivity index (χ0v) is 14.0. The molecular weight excluding hydrogens is 310 g/mol. The fourth-order valence-electron chi connectivity index (χ4n) is 1.42. The van der Waals surface area contributed by atoms with Crippen molar-refractivity contribution in [3.63, 3.8) is 0 Å². The van der Waals surface area contributed by atoms with Crippen molar-refractivity contribution in [1.29, 1.82) is 0 Å². The molecule has 18 heavy (non-hydrogen) atoms. The Labute approximate surface area is 123 Å². The van der Waals surface area contributed by atoms with Gasteiger partial charge in [0.05, 0.1) is 6.61 Å². The molecule has 1 rings (SSSR count). The van der Waals surface area contributed by atoms with Gasteiger partial charge in [0.15, 0.2) is 0 Å². The maximum absolute atomic E-state index is 5.82. The molecule has 4 heteroatoms. The zero-order valence-electron chi connectivity index (χ0n) is 11.5. The van der Waals surface area contributed by atoms with Crippen molar-refractivity contribution in [3.8, 4) is 5.75 Å². The highest BCUT2D eigenvalue weighted by molar-refractivity contribution is 9.10. The van der Waals surface area contributed by atoms with Gasteiger partial charge in [-0.1, -0.05) is 15.9 Å². The van der Waals surface area contributed by atoms with Gasteiger partial charge in [-0.3, -0.25) is 0 Å². The summed E-state index contributed by atoms with van der Waals surface area (Å²) in [4.78, 5) is 0. The molecule has 0 aliphatic rings. The summed E-state index contributed by atoms with van der Waals surface area (Å²) in [5.74, 6) is 1.99. The first-order chi connectivity index (χ1) is 8.42. The van der Waals surface area contributed by atoms with E-state index in [2.05, 4.69) is 54.3 Å². The molecular formula is C14H22BrNOS. The highest BCUT2D eigenvalue weighted by Gasteiger charge is 2.11. The quantitative estimate of drug-likeness (QED) is 0.793. The monoisotopic (exact) mass is 331 g/mol. The molecule has 0 atom stereocenters. The maximum Gasteiger partial charge on any atom is 0.123 e. The average molecular weight is 332 g/mol. The first kappa shape index (κ1) is 15.9. The summed E-state index contributed by atoms with van der Waals surface area (Å²) in [6.07, 6.45) is 2.09. The van der Waals surface area contributed by atoms with Gasteiger partial charge in [-0.25, -0.2) is 0 Å². The van der Waals surface area contributed by atoms with Gasteiger partial charge in [-0.05, 0) is 45.2 Å². The Kier molecular flexibility index (Phi) is 6.53.